The molecule has 0 aliphatic carbocycles. The summed E-state index contributed by atoms with van der Waals surface area (Å²) in [4.78, 5) is 15.3. The Morgan fingerprint density at radius 1 is 0.250 bits per heavy atom. The topological polar surface area (TPSA) is 38.7 Å². The van der Waals surface area contributed by atoms with Crippen molar-refractivity contribution < 1.29 is 0 Å². The minimum Gasteiger partial charge on any atom is -0.248 e. The SMILES string of the molecule is c1ccc(-c2cc(-c3ccccc3)nc(-c3cccc(-c4ccc(-c5cccc6c5ccc5nc(-c7ccccc7)cc(-c7ccccc7)c56)cc4)c3)n2)cc1. The molecule has 0 spiro atoms. The normalized spacial score (nSPS) is 11.2. The standard InChI is InChI=1S/C53H35N3/c1-5-15-37(16-6-1)47-34-49(39-17-7-2-8-18-39)54-48-32-31-45-44(25-14-26-46(45)52(47)48)38-29-27-36(28-30-38)42-23-13-24-43(33-42)53-55-50(40-19-9-3-10-20-40)35-51(56-53)41-21-11-4-12-22-41/h1-35H. The summed E-state index contributed by atoms with van der Waals surface area (Å²) >= 11 is 0. The van der Waals surface area contributed by atoms with Crippen LogP contribution >= 0.6 is 0 Å². The summed E-state index contributed by atoms with van der Waals surface area (Å²) in [6.45, 7) is 0. The maximum atomic E-state index is 5.19. The lowest BCUT2D eigenvalue weighted by molar-refractivity contribution is 1.18. The van der Waals surface area contributed by atoms with Gasteiger partial charge in [0.2, 0.25) is 0 Å². The molecule has 0 N–H and O–H groups in total. The van der Waals surface area contributed by atoms with Gasteiger partial charge in [0.05, 0.1) is 22.6 Å². The summed E-state index contributed by atoms with van der Waals surface area (Å²) < 4.78 is 0. The minimum atomic E-state index is 0.701. The van der Waals surface area contributed by atoms with Gasteiger partial charge in [0.1, 0.15) is 0 Å². The van der Waals surface area contributed by atoms with Crippen LogP contribution in [-0.2, 0) is 0 Å². The Labute approximate surface area is 326 Å². The van der Waals surface area contributed by atoms with Crippen LogP contribution < -0.4 is 0 Å². The Morgan fingerprint density at radius 3 is 1.34 bits per heavy atom. The third kappa shape index (κ3) is 6.31. The molecule has 0 atom stereocenters. The van der Waals surface area contributed by atoms with E-state index in [1.807, 2.05) is 42.5 Å². The van der Waals surface area contributed by atoms with Crippen LogP contribution in [0.3, 0.4) is 0 Å². The number of hydrogen-bond donors (Lipinski definition) is 0. The van der Waals surface area contributed by atoms with Crippen molar-refractivity contribution in [1.29, 1.82) is 0 Å². The van der Waals surface area contributed by atoms with E-state index in [1.54, 1.807) is 0 Å². The van der Waals surface area contributed by atoms with Crippen molar-refractivity contribution in [3.8, 4) is 78.5 Å². The average molecular weight is 714 g/mol. The number of rotatable bonds is 7. The smallest absolute Gasteiger partial charge is 0.160 e. The van der Waals surface area contributed by atoms with Crippen molar-refractivity contribution in [2.45, 2.75) is 0 Å². The minimum absolute atomic E-state index is 0.701. The lowest BCUT2D eigenvalue weighted by Gasteiger charge is -2.15. The van der Waals surface area contributed by atoms with E-state index in [0.29, 0.717) is 5.82 Å². The van der Waals surface area contributed by atoms with Gasteiger partial charge >= 0.3 is 0 Å². The van der Waals surface area contributed by atoms with Crippen LogP contribution in [0.25, 0.3) is 100 Å². The molecule has 8 aromatic carbocycles. The molecule has 2 heterocycles. The van der Waals surface area contributed by atoms with E-state index >= 15 is 0 Å². The maximum absolute atomic E-state index is 5.19. The molecule has 3 nitrogen and oxygen atoms in total. The average Bonchev–Trinajstić information content (AvgIpc) is 3.29. The first-order valence-corrected chi connectivity index (χ1v) is 18.9. The van der Waals surface area contributed by atoms with Crippen molar-refractivity contribution in [3.05, 3.63) is 212 Å². The number of pyridine rings is 1. The molecule has 0 radical (unpaired) electrons. The van der Waals surface area contributed by atoms with Crippen LogP contribution in [0.4, 0.5) is 0 Å². The Balaban J connectivity index is 1.03. The van der Waals surface area contributed by atoms with Crippen LogP contribution in [0.2, 0.25) is 0 Å². The largest absolute Gasteiger partial charge is 0.248 e. The van der Waals surface area contributed by atoms with Crippen molar-refractivity contribution in [3.63, 3.8) is 0 Å². The summed E-state index contributed by atoms with van der Waals surface area (Å²) in [5.74, 6) is 0.701. The third-order valence-corrected chi connectivity index (χ3v) is 10.5. The lowest BCUT2D eigenvalue weighted by Crippen LogP contribution is -1.96. The first-order chi connectivity index (χ1) is 27.7. The molecule has 0 aliphatic rings. The number of aromatic nitrogens is 3. The highest BCUT2D eigenvalue weighted by Crippen LogP contribution is 2.40. The molecule has 0 bridgehead atoms. The molecule has 262 valence electrons. The Bertz CT molecular complexity index is 2920. The zero-order chi connectivity index (χ0) is 37.3. The molecule has 0 amide bonds. The van der Waals surface area contributed by atoms with Crippen molar-refractivity contribution in [1.82, 2.24) is 15.0 Å². The van der Waals surface area contributed by atoms with Crippen LogP contribution in [0.1, 0.15) is 0 Å². The van der Waals surface area contributed by atoms with Gasteiger partial charge in [0.15, 0.2) is 5.82 Å². The van der Waals surface area contributed by atoms with Crippen LogP contribution in [-0.4, -0.2) is 15.0 Å². The Morgan fingerprint density at radius 2 is 0.732 bits per heavy atom. The van der Waals surface area contributed by atoms with Gasteiger partial charge in [0.25, 0.3) is 0 Å². The number of hydrogen-bond acceptors (Lipinski definition) is 3. The fourth-order valence-corrected chi connectivity index (χ4v) is 7.72. The van der Waals surface area contributed by atoms with Crippen LogP contribution in [0.5, 0.6) is 0 Å². The van der Waals surface area contributed by atoms with E-state index in [-0.39, 0.29) is 0 Å². The van der Waals surface area contributed by atoms with E-state index in [4.69, 9.17) is 15.0 Å². The molecular weight excluding hydrogens is 679 g/mol. The van der Waals surface area contributed by atoms with Crippen molar-refractivity contribution in [2.24, 2.45) is 0 Å². The van der Waals surface area contributed by atoms with Crippen molar-refractivity contribution in [2.75, 3.05) is 0 Å². The summed E-state index contributed by atoms with van der Waals surface area (Å²) in [6.07, 6.45) is 0. The molecule has 56 heavy (non-hydrogen) atoms. The molecule has 0 saturated heterocycles. The number of fused-ring (bicyclic) bond motifs is 3. The molecule has 0 unspecified atom stereocenters. The van der Waals surface area contributed by atoms with E-state index in [9.17, 15) is 0 Å². The summed E-state index contributed by atoms with van der Waals surface area (Å²) in [5.41, 5.74) is 14.9. The first kappa shape index (κ1) is 33.1. The molecular formula is C53H35N3. The van der Waals surface area contributed by atoms with Gasteiger partial charge in [-0.3, -0.25) is 0 Å². The third-order valence-electron chi connectivity index (χ3n) is 10.5. The quantitative estimate of drug-likeness (QED) is 0.154. The lowest BCUT2D eigenvalue weighted by atomic mass is 9.91. The highest BCUT2D eigenvalue weighted by molar-refractivity contribution is 6.17. The monoisotopic (exact) mass is 713 g/mol. The molecule has 0 aliphatic heterocycles. The second-order valence-corrected chi connectivity index (χ2v) is 14.0. The molecule has 0 saturated carbocycles. The summed E-state index contributed by atoms with van der Waals surface area (Å²) in [7, 11) is 0. The van der Waals surface area contributed by atoms with E-state index in [0.717, 1.165) is 66.9 Å². The van der Waals surface area contributed by atoms with E-state index < -0.39 is 0 Å². The van der Waals surface area contributed by atoms with Crippen LogP contribution in [0.15, 0.2) is 212 Å². The van der Waals surface area contributed by atoms with Gasteiger partial charge < -0.3 is 0 Å². The second kappa shape index (κ2) is 14.4. The summed E-state index contributed by atoms with van der Waals surface area (Å²) in [5, 5.41) is 3.55. The zero-order valence-electron chi connectivity index (χ0n) is 30.5. The van der Waals surface area contributed by atoms with Gasteiger partial charge in [-0.2, -0.15) is 0 Å². The highest BCUT2D eigenvalue weighted by atomic mass is 14.9. The summed E-state index contributed by atoms with van der Waals surface area (Å²) in [6, 6.07) is 74.5. The van der Waals surface area contributed by atoms with E-state index in [2.05, 4.69) is 170 Å². The number of nitrogens with zero attached hydrogens (tertiary/aromatic N) is 3. The van der Waals surface area contributed by atoms with Crippen molar-refractivity contribution >= 4 is 21.7 Å². The molecule has 3 heteroatoms. The molecule has 0 fully saturated rings. The van der Waals surface area contributed by atoms with Gasteiger partial charge in [-0.15, -0.1) is 0 Å². The first-order valence-electron chi connectivity index (χ1n) is 18.9. The molecule has 10 aromatic rings. The zero-order valence-corrected chi connectivity index (χ0v) is 30.5. The van der Waals surface area contributed by atoms with Crippen LogP contribution in [0, 0.1) is 0 Å². The fraction of sp³-hybridized carbons (Fsp3) is 0. The predicted octanol–water partition coefficient (Wildman–Crippen LogP) is 13.8. The Hall–Kier alpha value is -7.49. The van der Waals surface area contributed by atoms with Gasteiger partial charge in [-0.05, 0) is 68.4 Å². The number of benzene rings is 8. The molecule has 10 rings (SSSR count). The van der Waals surface area contributed by atoms with Gasteiger partial charge in [-0.1, -0.05) is 188 Å². The van der Waals surface area contributed by atoms with E-state index in [1.165, 1.54) is 27.5 Å². The van der Waals surface area contributed by atoms with Gasteiger partial charge in [-0.25, -0.2) is 15.0 Å². The second-order valence-electron chi connectivity index (χ2n) is 14.0. The highest BCUT2D eigenvalue weighted by Gasteiger charge is 2.16. The maximum Gasteiger partial charge on any atom is 0.160 e. The van der Waals surface area contributed by atoms with Gasteiger partial charge in [0, 0.05) is 27.6 Å². The molecule has 2 aromatic heterocycles. The fourth-order valence-electron chi connectivity index (χ4n) is 7.72. The predicted molar refractivity (Wildman–Crippen MR) is 233 cm³/mol. The Kier molecular flexibility index (Phi) is 8.51.